The molecule has 1 fully saturated rings. The van der Waals surface area contributed by atoms with E-state index in [2.05, 4.69) is 62.0 Å². The van der Waals surface area contributed by atoms with E-state index in [9.17, 15) is 0 Å². The van der Waals surface area contributed by atoms with Gasteiger partial charge in [-0.15, -0.1) is 6.58 Å². The number of benzene rings is 2. The van der Waals surface area contributed by atoms with Crippen LogP contribution in [0.4, 0.5) is 0 Å². The van der Waals surface area contributed by atoms with Crippen molar-refractivity contribution in [1.82, 2.24) is 0 Å². The van der Waals surface area contributed by atoms with Gasteiger partial charge in [0.15, 0.2) is 0 Å². The Morgan fingerprint density at radius 1 is 0.920 bits per heavy atom. The average Bonchev–Trinajstić information content (AvgIpc) is 2.69. The Kier molecular flexibility index (Phi) is 6.47. The molecule has 0 N–H and O–H groups in total. The standard InChI is InChI=1S/C24H30O/c1-3-17-25-18-20-7-11-22(12-8-20)24-15-13-23(14-16-24)21-9-5-19(4-2)6-10-21/h3,5-6,9-10,13-16,20,22H,1,4,7-8,11-12,17-18H2,2H3. The summed E-state index contributed by atoms with van der Waals surface area (Å²) in [4.78, 5) is 0. The molecule has 2 aromatic carbocycles. The quantitative estimate of drug-likeness (QED) is 0.421. The maximum Gasteiger partial charge on any atom is 0.0644 e. The summed E-state index contributed by atoms with van der Waals surface area (Å²) in [5.74, 6) is 1.44. The molecule has 0 bridgehead atoms. The van der Waals surface area contributed by atoms with Gasteiger partial charge in [-0.3, -0.25) is 0 Å². The highest BCUT2D eigenvalue weighted by molar-refractivity contribution is 5.64. The third-order valence-corrected chi connectivity index (χ3v) is 5.51. The van der Waals surface area contributed by atoms with Crippen molar-refractivity contribution in [2.45, 2.75) is 44.9 Å². The second-order valence-corrected chi connectivity index (χ2v) is 7.22. The largest absolute Gasteiger partial charge is 0.377 e. The van der Waals surface area contributed by atoms with Gasteiger partial charge < -0.3 is 4.74 Å². The summed E-state index contributed by atoms with van der Waals surface area (Å²) >= 11 is 0. The number of ether oxygens (including phenoxy) is 1. The van der Waals surface area contributed by atoms with Crippen LogP contribution in [0.25, 0.3) is 11.1 Å². The predicted molar refractivity (Wildman–Crippen MR) is 107 cm³/mol. The molecule has 0 aromatic heterocycles. The van der Waals surface area contributed by atoms with E-state index >= 15 is 0 Å². The third kappa shape index (κ3) is 4.83. The van der Waals surface area contributed by atoms with Crippen LogP contribution in [0.15, 0.2) is 61.2 Å². The fourth-order valence-electron chi connectivity index (χ4n) is 3.86. The van der Waals surface area contributed by atoms with Crippen LogP contribution in [0.2, 0.25) is 0 Å². The fraction of sp³-hybridized carbons (Fsp3) is 0.417. The molecule has 0 radical (unpaired) electrons. The lowest BCUT2D eigenvalue weighted by molar-refractivity contribution is 0.102. The molecule has 1 heteroatoms. The summed E-state index contributed by atoms with van der Waals surface area (Å²) in [6, 6.07) is 18.2. The molecule has 1 aliphatic rings. The van der Waals surface area contributed by atoms with E-state index < -0.39 is 0 Å². The van der Waals surface area contributed by atoms with Crippen molar-refractivity contribution in [2.75, 3.05) is 13.2 Å². The molecule has 1 aliphatic carbocycles. The fourth-order valence-corrected chi connectivity index (χ4v) is 3.86. The monoisotopic (exact) mass is 334 g/mol. The smallest absolute Gasteiger partial charge is 0.0644 e. The SMILES string of the molecule is C=CCOCC1CCC(c2ccc(-c3ccc(CC)cc3)cc2)CC1. The molecule has 0 aliphatic heterocycles. The van der Waals surface area contributed by atoms with Crippen LogP contribution < -0.4 is 0 Å². The van der Waals surface area contributed by atoms with Crippen LogP contribution in [0.5, 0.6) is 0 Å². The summed E-state index contributed by atoms with van der Waals surface area (Å²) in [7, 11) is 0. The van der Waals surface area contributed by atoms with E-state index in [1.165, 1.54) is 47.9 Å². The highest BCUT2D eigenvalue weighted by Crippen LogP contribution is 2.36. The van der Waals surface area contributed by atoms with Gasteiger partial charge in [0, 0.05) is 6.61 Å². The molecule has 0 unspecified atom stereocenters. The van der Waals surface area contributed by atoms with Gasteiger partial charge in [-0.25, -0.2) is 0 Å². The first kappa shape index (κ1) is 17.9. The predicted octanol–water partition coefficient (Wildman–Crippen LogP) is 6.39. The normalized spacial score (nSPS) is 20.4. The lowest BCUT2D eigenvalue weighted by Gasteiger charge is -2.28. The zero-order chi connectivity index (χ0) is 17.5. The molecule has 0 saturated heterocycles. The van der Waals surface area contributed by atoms with Crippen molar-refractivity contribution in [3.05, 3.63) is 72.3 Å². The van der Waals surface area contributed by atoms with Gasteiger partial charge in [0.2, 0.25) is 0 Å². The van der Waals surface area contributed by atoms with Gasteiger partial charge in [0.25, 0.3) is 0 Å². The minimum absolute atomic E-state index is 0.681. The molecule has 0 spiro atoms. The molecule has 0 heterocycles. The summed E-state index contributed by atoms with van der Waals surface area (Å²) < 4.78 is 5.63. The molecular formula is C24H30O. The molecule has 25 heavy (non-hydrogen) atoms. The molecule has 1 nitrogen and oxygen atoms in total. The second-order valence-electron chi connectivity index (χ2n) is 7.22. The molecule has 0 amide bonds. The maximum absolute atomic E-state index is 5.63. The van der Waals surface area contributed by atoms with Crippen molar-refractivity contribution in [3.8, 4) is 11.1 Å². The Morgan fingerprint density at radius 2 is 1.52 bits per heavy atom. The summed E-state index contributed by atoms with van der Waals surface area (Å²) in [6.45, 7) is 7.48. The summed E-state index contributed by atoms with van der Waals surface area (Å²) in [5.41, 5.74) is 5.53. The lowest BCUT2D eigenvalue weighted by atomic mass is 9.79. The molecule has 0 atom stereocenters. The zero-order valence-electron chi connectivity index (χ0n) is 15.4. The topological polar surface area (TPSA) is 9.23 Å². The molecule has 2 aromatic rings. The Labute approximate surface area is 152 Å². The Bertz CT molecular complexity index is 645. The second kappa shape index (κ2) is 9.01. The Hall–Kier alpha value is -1.86. The van der Waals surface area contributed by atoms with Gasteiger partial charge in [0.1, 0.15) is 0 Å². The number of aryl methyl sites for hydroxylation is 1. The van der Waals surface area contributed by atoms with Crippen LogP contribution in [0, 0.1) is 5.92 Å². The van der Waals surface area contributed by atoms with E-state index in [0.717, 1.165) is 18.9 Å². The summed E-state index contributed by atoms with van der Waals surface area (Å²) in [6.07, 6.45) is 8.06. The number of hydrogen-bond donors (Lipinski definition) is 0. The first-order valence-electron chi connectivity index (χ1n) is 9.68. The van der Waals surface area contributed by atoms with E-state index in [-0.39, 0.29) is 0 Å². The van der Waals surface area contributed by atoms with E-state index in [1.807, 2.05) is 6.08 Å². The minimum atomic E-state index is 0.681. The van der Waals surface area contributed by atoms with Gasteiger partial charge >= 0.3 is 0 Å². The van der Waals surface area contributed by atoms with Gasteiger partial charge in [-0.2, -0.15) is 0 Å². The molecule has 3 rings (SSSR count). The minimum Gasteiger partial charge on any atom is -0.377 e. The third-order valence-electron chi connectivity index (χ3n) is 5.51. The van der Waals surface area contributed by atoms with Crippen molar-refractivity contribution in [1.29, 1.82) is 0 Å². The number of rotatable bonds is 7. The molecular weight excluding hydrogens is 304 g/mol. The Balaban J connectivity index is 1.56. The highest BCUT2D eigenvalue weighted by Gasteiger charge is 2.22. The van der Waals surface area contributed by atoms with Crippen LogP contribution in [-0.2, 0) is 11.2 Å². The van der Waals surface area contributed by atoms with Crippen molar-refractivity contribution < 1.29 is 4.74 Å². The van der Waals surface area contributed by atoms with Crippen molar-refractivity contribution in [2.24, 2.45) is 5.92 Å². The van der Waals surface area contributed by atoms with Gasteiger partial charge in [-0.05, 0) is 66.2 Å². The molecule has 132 valence electrons. The van der Waals surface area contributed by atoms with Crippen LogP contribution in [0.1, 0.15) is 49.7 Å². The van der Waals surface area contributed by atoms with Crippen LogP contribution >= 0.6 is 0 Å². The molecule has 1 saturated carbocycles. The van der Waals surface area contributed by atoms with Crippen LogP contribution in [-0.4, -0.2) is 13.2 Å². The number of hydrogen-bond acceptors (Lipinski definition) is 1. The van der Waals surface area contributed by atoms with Gasteiger partial charge in [0.05, 0.1) is 6.61 Å². The highest BCUT2D eigenvalue weighted by atomic mass is 16.5. The van der Waals surface area contributed by atoms with Gasteiger partial charge in [-0.1, -0.05) is 61.5 Å². The van der Waals surface area contributed by atoms with Crippen LogP contribution in [0.3, 0.4) is 0 Å². The summed E-state index contributed by atoms with van der Waals surface area (Å²) in [5, 5.41) is 0. The zero-order valence-corrected chi connectivity index (χ0v) is 15.4. The van der Waals surface area contributed by atoms with E-state index in [1.54, 1.807) is 0 Å². The maximum atomic E-state index is 5.63. The Morgan fingerprint density at radius 3 is 2.08 bits per heavy atom. The lowest BCUT2D eigenvalue weighted by Crippen LogP contribution is -2.18. The van der Waals surface area contributed by atoms with E-state index in [0.29, 0.717) is 12.5 Å². The first-order valence-corrected chi connectivity index (χ1v) is 9.68. The van der Waals surface area contributed by atoms with Crippen molar-refractivity contribution in [3.63, 3.8) is 0 Å². The average molecular weight is 335 g/mol. The van der Waals surface area contributed by atoms with Crippen molar-refractivity contribution >= 4 is 0 Å². The first-order chi connectivity index (χ1) is 12.3. The van der Waals surface area contributed by atoms with E-state index in [4.69, 9.17) is 4.74 Å².